The van der Waals surface area contributed by atoms with E-state index in [1.165, 1.54) is 35.2 Å². The Balaban J connectivity index is 2.07. The Bertz CT molecular complexity index is 528. The number of aryl methyl sites for hydroxylation is 2. The summed E-state index contributed by atoms with van der Waals surface area (Å²) in [6.45, 7) is 4.10. The molecule has 2 heterocycles. The van der Waals surface area contributed by atoms with Gasteiger partial charge in [-0.25, -0.2) is 0 Å². The smallest absolute Gasteiger partial charge is 0.0569 e. The molecule has 0 amide bonds. The van der Waals surface area contributed by atoms with Crippen LogP contribution in [0.25, 0.3) is 11.1 Å². The number of anilines is 1. The molecule has 1 aromatic heterocycles. The first-order valence-electron chi connectivity index (χ1n) is 6.27. The van der Waals surface area contributed by atoms with Crippen molar-refractivity contribution in [2.75, 3.05) is 11.9 Å². The number of aromatic nitrogens is 2. The Labute approximate surface area is 101 Å². The molecule has 0 unspecified atom stereocenters. The SMILES string of the molecule is CCn1cc(-c2cccc3c2NCCC3)cn1. The minimum absolute atomic E-state index is 0.919. The van der Waals surface area contributed by atoms with E-state index < -0.39 is 0 Å². The lowest BCUT2D eigenvalue weighted by atomic mass is 9.97. The Morgan fingerprint density at radius 2 is 2.35 bits per heavy atom. The maximum absolute atomic E-state index is 4.35. The van der Waals surface area contributed by atoms with Crippen molar-refractivity contribution in [3.05, 3.63) is 36.2 Å². The number of rotatable bonds is 2. The number of nitrogens with one attached hydrogen (secondary N) is 1. The van der Waals surface area contributed by atoms with Crippen LogP contribution in [-0.4, -0.2) is 16.3 Å². The van der Waals surface area contributed by atoms with Gasteiger partial charge in [-0.1, -0.05) is 18.2 Å². The molecular formula is C14H17N3. The van der Waals surface area contributed by atoms with Crippen molar-refractivity contribution in [3.63, 3.8) is 0 Å². The number of benzene rings is 1. The van der Waals surface area contributed by atoms with Crippen LogP contribution >= 0.6 is 0 Å². The van der Waals surface area contributed by atoms with E-state index in [1.807, 2.05) is 10.9 Å². The molecule has 0 bridgehead atoms. The fourth-order valence-corrected chi connectivity index (χ4v) is 2.43. The first-order chi connectivity index (χ1) is 8.38. The van der Waals surface area contributed by atoms with Crippen LogP contribution in [0, 0.1) is 0 Å². The van der Waals surface area contributed by atoms with Crippen molar-refractivity contribution in [3.8, 4) is 11.1 Å². The van der Waals surface area contributed by atoms with E-state index in [0.717, 1.165) is 13.1 Å². The van der Waals surface area contributed by atoms with Crippen LogP contribution in [0.2, 0.25) is 0 Å². The second-order valence-corrected chi connectivity index (χ2v) is 4.45. The molecule has 0 atom stereocenters. The normalized spacial score (nSPS) is 14.2. The molecule has 0 fully saturated rings. The third-order valence-corrected chi connectivity index (χ3v) is 3.34. The Morgan fingerprint density at radius 3 is 3.18 bits per heavy atom. The van der Waals surface area contributed by atoms with Gasteiger partial charge in [0.15, 0.2) is 0 Å². The molecule has 1 aromatic carbocycles. The zero-order valence-corrected chi connectivity index (χ0v) is 10.1. The zero-order chi connectivity index (χ0) is 11.7. The number of hydrogen-bond acceptors (Lipinski definition) is 2. The van der Waals surface area contributed by atoms with Gasteiger partial charge in [-0.2, -0.15) is 5.10 Å². The molecule has 88 valence electrons. The Morgan fingerprint density at radius 1 is 1.41 bits per heavy atom. The van der Waals surface area contributed by atoms with Gasteiger partial charge < -0.3 is 5.32 Å². The molecule has 1 N–H and O–H groups in total. The van der Waals surface area contributed by atoms with Crippen molar-refractivity contribution in [1.29, 1.82) is 0 Å². The predicted molar refractivity (Wildman–Crippen MR) is 70.1 cm³/mol. The standard InChI is InChI=1S/C14H17N3/c1-2-17-10-12(9-16-17)13-7-3-5-11-6-4-8-15-14(11)13/h3,5,7,9-10,15H,2,4,6,8H2,1H3. The molecule has 1 aliphatic heterocycles. The van der Waals surface area contributed by atoms with E-state index in [0.29, 0.717) is 0 Å². The maximum Gasteiger partial charge on any atom is 0.0569 e. The minimum atomic E-state index is 0.919. The first kappa shape index (κ1) is 10.4. The molecule has 3 heteroatoms. The highest BCUT2D eigenvalue weighted by Crippen LogP contribution is 2.33. The summed E-state index contributed by atoms with van der Waals surface area (Å²) in [4.78, 5) is 0. The second-order valence-electron chi connectivity index (χ2n) is 4.45. The van der Waals surface area contributed by atoms with Crippen molar-refractivity contribution in [1.82, 2.24) is 9.78 Å². The molecule has 1 aliphatic rings. The molecule has 2 aromatic rings. The predicted octanol–water partition coefficient (Wildman–Crippen LogP) is 2.93. The van der Waals surface area contributed by atoms with Crippen LogP contribution in [0.3, 0.4) is 0 Å². The van der Waals surface area contributed by atoms with Gasteiger partial charge >= 0.3 is 0 Å². The van der Waals surface area contributed by atoms with Crippen LogP contribution in [0.1, 0.15) is 18.9 Å². The average Bonchev–Trinajstić information content (AvgIpc) is 2.87. The second kappa shape index (κ2) is 4.24. The maximum atomic E-state index is 4.35. The molecule has 0 spiro atoms. The highest BCUT2D eigenvalue weighted by atomic mass is 15.3. The summed E-state index contributed by atoms with van der Waals surface area (Å²) in [5.74, 6) is 0. The van der Waals surface area contributed by atoms with E-state index in [1.54, 1.807) is 0 Å². The van der Waals surface area contributed by atoms with E-state index >= 15 is 0 Å². The van der Waals surface area contributed by atoms with Crippen molar-refractivity contribution in [2.24, 2.45) is 0 Å². The molecule has 0 saturated carbocycles. The van der Waals surface area contributed by atoms with Gasteiger partial charge in [-0.3, -0.25) is 4.68 Å². The van der Waals surface area contributed by atoms with Crippen LogP contribution in [-0.2, 0) is 13.0 Å². The zero-order valence-electron chi connectivity index (χ0n) is 10.1. The van der Waals surface area contributed by atoms with Crippen LogP contribution in [0.5, 0.6) is 0 Å². The van der Waals surface area contributed by atoms with Crippen LogP contribution in [0.4, 0.5) is 5.69 Å². The van der Waals surface area contributed by atoms with Crippen LogP contribution in [0.15, 0.2) is 30.6 Å². The monoisotopic (exact) mass is 227 g/mol. The number of fused-ring (bicyclic) bond motifs is 1. The van der Waals surface area contributed by atoms with E-state index in [9.17, 15) is 0 Å². The summed E-state index contributed by atoms with van der Waals surface area (Å²) < 4.78 is 1.97. The average molecular weight is 227 g/mol. The minimum Gasteiger partial charge on any atom is -0.384 e. The highest BCUT2D eigenvalue weighted by molar-refractivity contribution is 5.80. The number of hydrogen-bond donors (Lipinski definition) is 1. The third-order valence-electron chi connectivity index (χ3n) is 3.34. The van der Waals surface area contributed by atoms with Crippen molar-refractivity contribution < 1.29 is 0 Å². The lowest BCUT2D eigenvalue weighted by Crippen LogP contribution is -2.12. The van der Waals surface area contributed by atoms with Gasteiger partial charge in [0.05, 0.1) is 6.20 Å². The molecule has 3 nitrogen and oxygen atoms in total. The summed E-state index contributed by atoms with van der Waals surface area (Å²) in [6, 6.07) is 6.54. The van der Waals surface area contributed by atoms with Crippen molar-refractivity contribution in [2.45, 2.75) is 26.3 Å². The molecule has 3 rings (SSSR count). The molecule has 0 saturated heterocycles. The summed E-state index contributed by atoms with van der Waals surface area (Å²) in [6.07, 6.45) is 6.48. The molecule has 17 heavy (non-hydrogen) atoms. The lowest BCUT2D eigenvalue weighted by Gasteiger charge is -2.20. The first-order valence-corrected chi connectivity index (χ1v) is 6.27. The lowest BCUT2D eigenvalue weighted by molar-refractivity contribution is 0.660. The quantitative estimate of drug-likeness (QED) is 0.855. The van der Waals surface area contributed by atoms with Gasteiger partial charge in [0.1, 0.15) is 0 Å². The summed E-state index contributed by atoms with van der Waals surface area (Å²) >= 11 is 0. The van der Waals surface area contributed by atoms with Gasteiger partial charge in [0.25, 0.3) is 0 Å². The fraction of sp³-hybridized carbons (Fsp3) is 0.357. The molecular weight excluding hydrogens is 210 g/mol. The third kappa shape index (κ3) is 1.82. The highest BCUT2D eigenvalue weighted by Gasteiger charge is 2.14. The van der Waals surface area contributed by atoms with Gasteiger partial charge in [0, 0.05) is 36.1 Å². The van der Waals surface area contributed by atoms with E-state index in [-0.39, 0.29) is 0 Å². The number of nitrogens with zero attached hydrogens (tertiary/aromatic N) is 2. The van der Waals surface area contributed by atoms with Gasteiger partial charge in [-0.15, -0.1) is 0 Å². The van der Waals surface area contributed by atoms with Crippen molar-refractivity contribution >= 4 is 5.69 Å². The Hall–Kier alpha value is -1.77. The molecule has 0 aliphatic carbocycles. The number of para-hydroxylation sites is 1. The van der Waals surface area contributed by atoms with Gasteiger partial charge in [-0.05, 0) is 25.3 Å². The summed E-state index contributed by atoms with van der Waals surface area (Å²) in [5.41, 5.74) is 5.22. The largest absolute Gasteiger partial charge is 0.384 e. The van der Waals surface area contributed by atoms with E-state index in [2.05, 4.69) is 41.7 Å². The van der Waals surface area contributed by atoms with E-state index in [4.69, 9.17) is 0 Å². The van der Waals surface area contributed by atoms with Gasteiger partial charge in [0.2, 0.25) is 0 Å². The Kier molecular flexibility index (Phi) is 2.59. The summed E-state index contributed by atoms with van der Waals surface area (Å²) in [7, 11) is 0. The summed E-state index contributed by atoms with van der Waals surface area (Å²) in [5, 5.41) is 7.87. The van der Waals surface area contributed by atoms with Crippen LogP contribution < -0.4 is 5.32 Å². The molecule has 0 radical (unpaired) electrons. The fourth-order valence-electron chi connectivity index (χ4n) is 2.43. The topological polar surface area (TPSA) is 29.9 Å².